The lowest BCUT2D eigenvalue weighted by Gasteiger charge is -2.27. The van der Waals surface area contributed by atoms with Crippen molar-refractivity contribution in [2.24, 2.45) is 0 Å². The van der Waals surface area contributed by atoms with Crippen LogP contribution in [0.15, 0.2) is 23.4 Å². The number of nitrogens with zero attached hydrogens (tertiary/aromatic N) is 2. The Bertz CT molecular complexity index is 620. The summed E-state index contributed by atoms with van der Waals surface area (Å²) < 4.78 is 0. The number of H-pyrrole nitrogens is 1. The van der Waals surface area contributed by atoms with E-state index >= 15 is 0 Å². The van der Waals surface area contributed by atoms with Crippen LogP contribution in [0.4, 0.5) is 5.69 Å². The molecule has 4 N–H and O–H groups in total. The number of nitrogen functional groups attached to an aromatic ring is 1. The lowest BCUT2D eigenvalue weighted by Crippen LogP contribution is -2.47. The van der Waals surface area contributed by atoms with Gasteiger partial charge in [0, 0.05) is 31.9 Å². The molecule has 1 saturated heterocycles. The zero-order chi connectivity index (χ0) is 13.9. The number of carbonyl (C=O) groups is 1. The molecular weight excluding hydrogens is 274 g/mol. The molecule has 3 rings (SSSR count). The van der Waals surface area contributed by atoms with Crippen LogP contribution in [0.5, 0.6) is 0 Å². The SMILES string of the molecule is Nc1ccc2nc(SCC(=O)N3CCNCC3)[nH]c2c1. The van der Waals surface area contributed by atoms with E-state index < -0.39 is 0 Å². The minimum Gasteiger partial charge on any atom is -0.399 e. The van der Waals surface area contributed by atoms with Gasteiger partial charge in [0.2, 0.25) is 5.91 Å². The Labute approximate surface area is 121 Å². The number of carbonyl (C=O) groups excluding carboxylic acids is 1. The lowest BCUT2D eigenvalue weighted by atomic mass is 10.3. The average molecular weight is 291 g/mol. The van der Waals surface area contributed by atoms with Gasteiger partial charge in [-0.3, -0.25) is 4.79 Å². The molecule has 106 valence electrons. The molecule has 2 heterocycles. The maximum Gasteiger partial charge on any atom is 0.233 e. The number of aromatic nitrogens is 2. The molecule has 0 saturated carbocycles. The van der Waals surface area contributed by atoms with Crippen molar-refractivity contribution in [1.82, 2.24) is 20.2 Å². The van der Waals surface area contributed by atoms with Crippen LogP contribution < -0.4 is 11.1 Å². The summed E-state index contributed by atoms with van der Waals surface area (Å²) >= 11 is 1.43. The maximum atomic E-state index is 12.1. The molecule has 7 heteroatoms. The second kappa shape index (κ2) is 5.72. The highest BCUT2D eigenvalue weighted by Crippen LogP contribution is 2.21. The van der Waals surface area contributed by atoms with E-state index in [1.165, 1.54) is 11.8 Å². The number of nitrogens with one attached hydrogen (secondary N) is 2. The van der Waals surface area contributed by atoms with Crippen molar-refractivity contribution in [3.05, 3.63) is 18.2 Å². The number of fused-ring (bicyclic) bond motifs is 1. The third-order valence-electron chi connectivity index (χ3n) is 3.29. The van der Waals surface area contributed by atoms with E-state index in [4.69, 9.17) is 5.73 Å². The van der Waals surface area contributed by atoms with Gasteiger partial charge < -0.3 is 20.9 Å². The van der Waals surface area contributed by atoms with Gasteiger partial charge in [0.25, 0.3) is 0 Å². The molecule has 20 heavy (non-hydrogen) atoms. The molecule has 6 nitrogen and oxygen atoms in total. The average Bonchev–Trinajstić information content (AvgIpc) is 2.87. The number of nitrogens with two attached hydrogens (primary N) is 1. The Morgan fingerprint density at radius 3 is 3.00 bits per heavy atom. The summed E-state index contributed by atoms with van der Waals surface area (Å²) in [7, 11) is 0. The maximum absolute atomic E-state index is 12.1. The zero-order valence-electron chi connectivity index (χ0n) is 11.1. The first-order chi connectivity index (χ1) is 9.72. The third-order valence-corrected chi connectivity index (χ3v) is 4.14. The minimum absolute atomic E-state index is 0.163. The van der Waals surface area contributed by atoms with Crippen LogP contribution in [-0.4, -0.2) is 52.7 Å². The van der Waals surface area contributed by atoms with Gasteiger partial charge in [0.05, 0.1) is 16.8 Å². The quantitative estimate of drug-likeness (QED) is 0.571. The molecule has 0 aliphatic carbocycles. The van der Waals surface area contributed by atoms with E-state index in [0.717, 1.165) is 42.4 Å². The fourth-order valence-corrected chi connectivity index (χ4v) is 3.00. The number of hydrogen-bond acceptors (Lipinski definition) is 5. The van der Waals surface area contributed by atoms with Gasteiger partial charge in [-0.1, -0.05) is 11.8 Å². The van der Waals surface area contributed by atoms with Crippen LogP contribution >= 0.6 is 11.8 Å². The van der Waals surface area contributed by atoms with Crippen LogP contribution in [0, 0.1) is 0 Å². The van der Waals surface area contributed by atoms with E-state index in [1.54, 1.807) is 0 Å². The standard InChI is InChI=1S/C13H17N5OS/c14-9-1-2-10-11(7-9)17-13(16-10)20-8-12(19)18-5-3-15-4-6-18/h1-2,7,15H,3-6,8,14H2,(H,16,17). The van der Waals surface area contributed by atoms with Gasteiger partial charge in [-0.2, -0.15) is 0 Å². The molecule has 1 aliphatic heterocycles. The highest BCUT2D eigenvalue weighted by Gasteiger charge is 2.16. The smallest absolute Gasteiger partial charge is 0.233 e. The van der Waals surface area contributed by atoms with Crippen molar-refractivity contribution in [2.75, 3.05) is 37.7 Å². The second-order valence-electron chi connectivity index (χ2n) is 4.74. The number of thioether (sulfide) groups is 1. The van der Waals surface area contributed by atoms with Crippen LogP contribution in [0.1, 0.15) is 0 Å². The van der Waals surface area contributed by atoms with Gasteiger partial charge in [-0.25, -0.2) is 4.98 Å². The van der Waals surface area contributed by atoms with E-state index in [0.29, 0.717) is 11.4 Å². The molecule has 2 aromatic rings. The van der Waals surface area contributed by atoms with Gasteiger partial charge in [-0.05, 0) is 18.2 Å². The predicted molar refractivity (Wildman–Crippen MR) is 80.7 cm³/mol. The van der Waals surface area contributed by atoms with Crippen molar-refractivity contribution in [3.8, 4) is 0 Å². The first-order valence-corrected chi connectivity index (χ1v) is 7.57. The highest BCUT2D eigenvalue weighted by molar-refractivity contribution is 7.99. The number of benzene rings is 1. The Hall–Kier alpha value is -1.73. The van der Waals surface area contributed by atoms with Gasteiger partial charge >= 0.3 is 0 Å². The summed E-state index contributed by atoms with van der Waals surface area (Å²) in [5, 5.41) is 3.99. The number of hydrogen-bond donors (Lipinski definition) is 3. The first-order valence-electron chi connectivity index (χ1n) is 6.59. The van der Waals surface area contributed by atoms with E-state index in [2.05, 4.69) is 15.3 Å². The molecule has 0 radical (unpaired) electrons. The Morgan fingerprint density at radius 1 is 1.40 bits per heavy atom. The zero-order valence-corrected chi connectivity index (χ0v) is 11.9. The van der Waals surface area contributed by atoms with E-state index in [9.17, 15) is 4.79 Å². The molecule has 1 amide bonds. The Balaban J connectivity index is 1.63. The second-order valence-corrected chi connectivity index (χ2v) is 5.70. The summed E-state index contributed by atoms with van der Waals surface area (Å²) in [6.45, 7) is 3.33. The highest BCUT2D eigenvalue weighted by atomic mass is 32.2. The van der Waals surface area contributed by atoms with Crippen molar-refractivity contribution in [1.29, 1.82) is 0 Å². The van der Waals surface area contributed by atoms with Crippen LogP contribution in [-0.2, 0) is 4.79 Å². The molecule has 1 aromatic heterocycles. The Morgan fingerprint density at radius 2 is 2.20 bits per heavy atom. The summed E-state index contributed by atoms with van der Waals surface area (Å²) in [6.07, 6.45) is 0. The summed E-state index contributed by atoms with van der Waals surface area (Å²) in [5.74, 6) is 0.575. The summed E-state index contributed by atoms with van der Waals surface area (Å²) in [6, 6.07) is 5.55. The predicted octanol–water partition coefficient (Wildman–Crippen LogP) is 0.669. The molecule has 1 aliphatic rings. The van der Waals surface area contributed by atoms with Crippen LogP contribution in [0.2, 0.25) is 0 Å². The van der Waals surface area contributed by atoms with E-state index in [-0.39, 0.29) is 5.91 Å². The van der Waals surface area contributed by atoms with Crippen molar-refractivity contribution in [3.63, 3.8) is 0 Å². The number of aromatic amines is 1. The fraction of sp³-hybridized carbons (Fsp3) is 0.385. The first kappa shape index (κ1) is 13.3. The summed E-state index contributed by atoms with van der Waals surface area (Å²) in [4.78, 5) is 21.6. The molecule has 0 spiro atoms. The van der Waals surface area contributed by atoms with Crippen molar-refractivity contribution >= 4 is 34.4 Å². The molecule has 0 unspecified atom stereocenters. The summed E-state index contributed by atoms with van der Waals surface area (Å²) in [5.41, 5.74) is 8.21. The van der Waals surface area contributed by atoms with Gasteiger partial charge in [0.15, 0.2) is 5.16 Å². The number of piperazine rings is 1. The largest absolute Gasteiger partial charge is 0.399 e. The molecule has 1 fully saturated rings. The lowest BCUT2D eigenvalue weighted by molar-refractivity contribution is -0.128. The third kappa shape index (κ3) is 2.88. The van der Waals surface area contributed by atoms with Crippen LogP contribution in [0.25, 0.3) is 11.0 Å². The van der Waals surface area contributed by atoms with Gasteiger partial charge in [-0.15, -0.1) is 0 Å². The van der Waals surface area contributed by atoms with Crippen LogP contribution in [0.3, 0.4) is 0 Å². The number of imidazole rings is 1. The van der Waals surface area contributed by atoms with Crippen molar-refractivity contribution < 1.29 is 4.79 Å². The van der Waals surface area contributed by atoms with Crippen molar-refractivity contribution in [2.45, 2.75) is 5.16 Å². The fourth-order valence-electron chi connectivity index (χ4n) is 2.21. The minimum atomic E-state index is 0.163. The van der Waals surface area contributed by atoms with Gasteiger partial charge in [0.1, 0.15) is 0 Å². The number of rotatable bonds is 3. The monoisotopic (exact) mass is 291 g/mol. The topological polar surface area (TPSA) is 87.0 Å². The molecule has 0 atom stereocenters. The number of amides is 1. The Kier molecular flexibility index (Phi) is 3.79. The molecular formula is C13H17N5OS. The molecule has 0 bridgehead atoms. The molecule has 1 aromatic carbocycles. The normalized spacial score (nSPS) is 15.7. The van der Waals surface area contributed by atoms with E-state index in [1.807, 2.05) is 23.1 Å². The number of anilines is 1.